The second-order valence-electron chi connectivity index (χ2n) is 4.86. The van der Waals surface area contributed by atoms with E-state index in [1.54, 1.807) is 7.11 Å². The van der Waals surface area contributed by atoms with Crippen LogP contribution in [0, 0.1) is 5.92 Å². The van der Waals surface area contributed by atoms with E-state index in [1.165, 1.54) is 0 Å². The highest BCUT2D eigenvalue weighted by molar-refractivity contribution is 6.32. The van der Waals surface area contributed by atoms with Crippen LogP contribution in [0.2, 0.25) is 5.02 Å². The molecule has 104 valence electrons. The maximum Gasteiger partial charge on any atom is 0.306 e. The van der Waals surface area contributed by atoms with Crippen LogP contribution in [-0.4, -0.2) is 36.2 Å². The van der Waals surface area contributed by atoms with Gasteiger partial charge in [0, 0.05) is 6.54 Å². The van der Waals surface area contributed by atoms with Crippen molar-refractivity contribution in [2.75, 3.05) is 20.2 Å². The molecule has 5 heteroatoms. The van der Waals surface area contributed by atoms with Gasteiger partial charge in [-0.05, 0) is 43.6 Å². The van der Waals surface area contributed by atoms with E-state index in [0.717, 1.165) is 38.0 Å². The maximum atomic E-state index is 10.9. The van der Waals surface area contributed by atoms with Crippen molar-refractivity contribution in [1.29, 1.82) is 0 Å². The van der Waals surface area contributed by atoms with Crippen LogP contribution in [0.25, 0.3) is 0 Å². The van der Waals surface area contributed by atoms with Crippen molar-refractivity contribution in [2.24, 2.45) is 5.92 Å². The average molecular weight is 284 g/mol. The summed E-state index contributed by atoms with van der Waals surface area (Å²) < 4.78 is 5.12. The van der Waals surface area contributed by atoms with E-state index in [9.17, 15) is 4.79 Å². The summed E-state index contributed by atoms with van der Waals surface area (Å²) in [7, 11) is 1.59. The monoisotopic (exact) mass is 283 g/mol. The number of hydrogen-bond donors (Lipinski definition) is 1. The Morgan fingerprint density at radius 2 is 2.16 bits per heavy atom. The Morgan fingerprint density at radius 3 is 2.68 bits per heavy atom. The molecule has 1 aliphatic heterocycles. The van der Waals surface area contributed by atoms with Crippen LogP contribution in [0.4, 0.5) is 0 Å². The van der Waals surface area contributed by atoms with Gasteiger partial charge in [-0.2, -0.15) is 0 Å². The second kappa shape index (κ2) is 6.26. The number of carboxylic acid groups (broad SMARTS) is 1. The fourth-order valence-electron chi connectivity index (χ4n) is 2.40. The largest absolute Gasteiger partial charge is 0.495 e. The van der Waals surface area contributed by atoms with Crippen LogP contribution >= 0.6 is 11.6 Å². The van der Waals surface area contributed by atoms with Gasteiger partial charge in [-0.15, -0.1) is 0 Å². The summed E-state index contributed by atoms with van der Waals surface area (Å²) >= 11 is 6.09. The predicted octanol–water partition coefficient (Wildman–Crippen LogP) is 2.65. The van der Waals surface area contributed by atoms with Gasteiger partial charge in [0.15, 0.2) is 0 Å². The summed E-state index contributed by atoms with van der Waals surface area (Å²) in [6.45, 7) is 2.44. The molecule has 1 aromatic rings. The fourth-order valence-corrected chi connectivity index (χ4v) is 2.68. The number of likely N-dealkylation sites (tertiary alicyclic amines) is 1. The molecule has 1 fully saturated rings. The van der Waals surface area contributed by atoms with Gasteiger partial charge in [0.05, 0.1) is 18.1 Å². The van der Waals surface area contributed by atoms with Gasteiger partial charge in [-0.25, -0.2) is 0 Å². The van der Waals surface area contributed by atoms with Crippen LogP contribution in [0.5, 0.6) is 5.75 Å². The summed E-state index contributed by atoms with van der Waals surface area (Å²) in [5, 5.41) is 9.57. The molecule has 0 atom stereocenters. The van der Waals surface area contributed by atoms with E-state index < -0.39 is 5.97 Å². The number of halogens is 1. The van der Waals surface area contributed by atoms with Crippen LogP contribution in [-0.2, 0) is 11.3 Å². The van der Waals surface area contributed by atoms with E-state index in [0.29, 0.717) is 10.8 Å². The Balaban J connectivity index is 1.92. The van der Waals surface area contributed by atoms with Gasteiger partial charge in [0.2, 0.25) is 0 Å². The number of ether oxygens (including phenoxy) is 1. The third-order valence-electron chi connectivity index (χ3n) is 3.56. The molecule has 0 bridgehead atoms. The molecule has 0 unspecified atom stereocenters. The van der Waals surface area contributed by atoms with Crippen molar-refractivity contribution >= 4 is 17.6 Å². The van der Waals surface area contributed by atoms with Crippen LogP contribution < -0.4 is 4.74 Å². The smallest absolute Gasteiger partial charge is 0.306 e. The molecule has 0 aromatic heterocycles. The minimum Gasteiger partial charge on any atom is -0.495 e. The van der Waals surface area contributed by atoms with E-state index >= 15 is 0 Å². The first-order valence-electron chi connectivity index (χ1n) is 6.37. The number of rotatable bonds is 4. The molecule has 1 saturated heterocycles. The van der Waals surface area contributed by atoms with Gasteiger partial charge in [-0.1, -0.05) is 17.7 Å². The van der Waals surface area contributed by atoms with Crippen molar-refractivity contribution in [1.82, 2.24) is 4.90 Å². The zero-order valence-electron chi connectivity index (χ0n) is 10.9. The SMILES string of the molecule is COc1ccc(CN2CCC(C(=O)O)CC2)cc1Cl. The summed E-state index contributed by atoms with van der Waals surface area (Å²) in [4.78, 5) is 13.1. The Bertz CT molecular complexity index is 456. The molecule has 19 heavy (non-hydrogen) atoms. The highest BCUT2D eigenvalue weighted by atomic mass is 35.5. The molecule has 1 aromatic carbocycles. The molecule has 1 N–H and O–H groups in total. The molecule has 0 aliphatic carbocycles. The molecule has 0 radical (unpaired) electrons. The molecule has 1 aliphatic rings. The van der Waals surface area contributed by atoms with Crippen LogP contribution in [0.1, 0.15) is 18.4 Å². The summed E-state index contributed by atoms with van der Waals surface area (Å²) in [6, 6.07) is 5.76. The van der Waals surface area contributed by atoms with Crippen molar-refractivity contribution in [3.05, 3.63) is 28.8 Å². The number of aliphatic carboxylic acids is 1. The highest BCUT2D eigenvalue weighted by Gasteiger charge is 2.24. The molecular formula is C14H18ClNO3. The van der Waals surface area contributed by atoms with Crippen molar-refractivity contribution in [2.45, 2.75) is 19.4 Å². The van der Waals surface area contributed by atoms with E-state index in [-0.39, 0.29) is 5.92 Å². The Morgan fingerprint density at radius 1 is 1.47 bits per heavy atom. The number of methoxy groups -OCH3 is 1. The number of piperidine rings is 1. The lowest BCUT2D eigenvalue weighted by Crippen LogP contribution is -2.35. The minimum atomic E-state index is -0.674. The zero-order valence-corrected chi connectivity index (χ0v) is 11.7. The van der Waals surface area contributed by atoms with Crippen molar-refractivity contribution < 1.29 is 14.6 Å². The first-order valence-corrected chi connectivity index (χ1v) is 6.75. The summed E-state index contributed by atoms with van der Waals surface area (Å²) in [5.41, 5.74) is 1.12. The van der Waals surface area contributed by atoms with Gasteiger partial charge >= 0.3 is 5.97 Å². The van der Waals surface area contributed by atoms with Gasteiger partial charge < -0.3 is 9.84 Å². The third-order valence-corrected chi connectivity index (χ3v) is 3.85. The van der Waals surface area contributed by atoms with E-state index in [4.69, 9.17) is 21.4 Å². The number of carboxylic acids is 1. The number of nitrogens with zero attached hydrogens (tertiary/aromatic N) is 1. The Kier molecular flexibility index (Phi) is 4.66. The van der Waals surface area contributed by atoms with Gasteiger partial charge in [-0.3, -0.25) is 9.69 Å². The van der Waals surface area contributed by atoms with Crippen molar-refractivity contribution in [3.8, 4) is 5.75 Å². The lowest BCUT2D eigenvalue weighted by Gasteiger charge is -2.30. The molecule has 2 rings (SSSR count). The number of hydrogen-bond acceptors (Lipinski definition) is 3. The molecule has 0 amide bonds. The lowest BCUT2D eigenvalue weighted by atomic mass is 9.97. The predicted molar refractivity (Wildman–Crippen MR) is 73.6 cm³/mol. The summed E-state index contributed by atoms with van der Waals surface area (Å²) in [5.74, 6) is -0.183. The number of benzene rings is 1. The highest BCUT2D eigenvalue weighted by Crippen LogP contribution is 2.26. The molecular weight excluding hydrogens is 266 g/mol. The molecule has 1 heterocycles. The molecule has 4 nitrogen and oxygen atoms in total. The zero-order chi connectivity index (χ0) is 13.8. The average Bonchev–Trinajstić information content (AvgIpc) is 2.39. The first-order chi connectivity index (χ1) is 9.10. The first kappa shape index (κ1) is 14.2. The van der Waals surface area contributed by atoms with Crippen molar-refractivity contribution in [3.63, 3.8) is 0 Å². The van der Waals surface area contributed by atoms with Crippen LogP contribution in [0.15, 0.2) is 18.2 Å². The fraction of sp³-hybridized carbons (Fsp3) is 0.500. The van der Waals surface area contributed by atoms with Gasteiger partial charge in [0.1, 0.15) is 5.75 Å². The minimum absolute atomic E-state index is 0.185. The quantitative estimate of drug-likeness (QED) is 0.923. The lowest BCUT2D eigenvalue weighted by molar-refractivity contribution is -0.143. The normalized spacial score (nSPS) is 17.4. The topological polar surface area (TPSA) is 49.8 Å². The standard InChI is InChI=1S/C14H18ClNO3/c1-19-13-3-2-10(8-12(13)15)9-16-6-4-11(5-7-16)14(17)18/h2-3,8,11H,4-7,9H2,1H3,(H,17,18). The maximum absolute atomic E-state index is 10.9. The van der Waals surface area contributed by atoms with Gasteiger partial charge in [0.25, 0.3) is 0 Å². The second-order valence-corrected chi connectivity index (χ2v) is 5.26. The molecule has 0 spiro atoms. The Labute approximate surface area is 117 Å². The van der Waals surface area contributed by atoms with Crippen LogP contribution in [0.3, 0.4) is 0 Å². The third kappa shape index (κ3) is 3.61. The van der Waals surface area contributed by atoms with E-state index in [1.807, 2.05) is 18.2 Å². The Hall–Kier alpha value is -1.26. The summed E-state index contributed by atoms with van der Waals surface area (Å²) in [6.07, 6.45) is 1.44. The number of carbonyl (C=O) groups is 1. The molecule has 0 saturated carbocycles. The van der Waals surface area contributed by atoms with E-state index in [2.05, 4.69) is 4.90 Å².